The Morgan fingerprint density at radius 1 is 1.42 bits per heavy atom. The largest absolute Gasteiger partial charge is 0.480 e. The average Bonchev–Trinajstić information content (AvgIpc) is 2.67. The number of likely N-dealkylation sites (N-methyl/N-ethyl adjacent to an activating group) is 1. The van der Waals surface area contributed by atoms with E-state index in [1.165, 1.54) is 16.5 Å². The maximum Gasteiger partial charge on any atom is 0.320 e. The van der Waals surface area contributed by atoms with E-state index in [1.54, 1.807) is 0 Å². The van der Waals surface area contributed by atoms with Gasteiger partial charge in [0, 0.05) is 30.7 Å². The number of aliphatic carboxylic acids is 1. The normalized spacial score (nSPS) is 13.1. The minimum atomic E-state index is -0.759. The minimum absolute atomic E-state index is 0.432. The molecule has 1 N–H and O–H groups in total. The number of carbonyl (C=O) groups is 1. The third-order valence-corrected chi connectivity index (χ3v) is 3.60. The second kappa shape index (κ2) is 5.45. The van der Waals surface area contributed by atoms with Gasteiger partial charge in [0.15, 0.2) is 0 Å². The Morgan fingerprint density at radius 2 is 2.11 bits per heavy atom. The molecule has 0 aliphatic carbocycles. The van der Waals surface area contributed by atoms with Crippen molar-refractivity contribution in [3.8, 4) is 0 Å². The van der Waals surface area contributed by atoms with E-state index in [1.807, 2.05) is 38.1 Å². The molecule has 0 spiro atoms. The zero-order chi connectivity index (χ0) is 14.0. The number of aryl methyl sites for hydroxylation is 1. The van der Waals surface area contributed by atoms with Crippen LogP contribution in [-0.2, 0) is 18.4 Å². The van der Waals surface area contributed by atoms with Gasteiger partial charge in [-0.25, -0.2) is 0 Å². The fourth-order valence-corrected chi connectivity index (χ4v) is 2.61. The summed E-state index contributed by atoms with van der Waals surface area (Å²) in [4.78, 5) is 13.1. The number of fused-ring (bicyclic) bond motifs is 1. The zero-order valence-electron chi connectivity index (χ0n) is 11.6. The lowest BCUT2D eigenvalue weighted by Crippen LogP contribution is -2.37. The van der Waals surface area contributed by atoms with Crippen molar-refractivity contribution < 1.29 is 9.90 Å². The smallest absolute Gasteiger partial charge is 0.320 e. The van der Waals surface area contributed by atoms with Crippen molar-refractivity contribution in [3.05, 3.63) is 36.0 Å². The molecule has 2 rings (SSSR count). The van der Waals surface area contributed by atoms with Gasteiger partial charge < -0.3 is 9.67 Å². The third-order valence-electron chi connectivity index (χ3n) is 3.60. The average molecular weight is 260 g/mol. The first-order valence-corrected chi connectivity index (χ1v) is 6.50. The fraction of sp³-hybridized carbons (Fsp3) is 0.400. The van der Waals surface area contributed by atoms with E-state index in [0.717, 1.165) is 0 Å². The molecular formula is C15H20N2O2. The first kappa shape index (κ1) is 13.6. The van der Waals surface area contributed by atoms with Crippen LogP contribution in [-0.4, -0.2) is 33.6 Å². The molecule has 0 fully saturated rings. The number of carboxylic acid groups (broad SMARTS) is 1. The van der Waals surface area contributed by atoms with Crippen LogP contribution < -0.4 is 0 Å². The molecule has 102 valence electrons. The molecule has 0 saturated heterocycles. The minimum Gasteiger partial charge on any atom is -0.480 e. The Morgan fingerprint density at radius 3 is 2.74 bits per heavy atom. The van der Waals surface area contributed by atoms with Crippen molar-refractivity contribution in [3.63, 3.8) is 0 Å². The molecule has 4 heteroatoms. The third kappa shape index (κ3) is 2.63. The number of rotatable bonds is 5. The van der Waals surface area contributed by atoms with Crippen molar-refractivity contribution in [2.24, 2.45) is 7.05 Å². The SMILES string of the molecule is CCC(C(=O)O)N(C)Cc1cn(C)c2ccccc12. The van der Waals surface area contributed by atoms with Crippen LogP contribution in [0.2, 0.25) is 0 Å². The van der Waals surface area contributed by atoms with Crippen LogP contribution in [0.25, 0.3) is 10.9 Å². The van der Waals surface area contributed by atoms with E-state index in [4.69, 9.17) is 0 Å². The molecule has 0 aliphatic rings. The molecule has 1 heterocycles. The van der Waals surface area contributed by atoms with E-state index in [9.17, 15) is 9.90 Å². The molecule has 19 heavy (non-hydrogen) atoms. The summed E-state index contributed by atoms with van der Waals surface area (Å²) in [5.74, 6) is -0.759. The molecule has 0 saturated carbocycles. The number of hydrogen-bond donors (Lipinski definition) is 1. The fourth-order valence-electron chi connectivity index (χ4n) is 2.61. The second-order valence-electron chi connectivity index (χ2n) is 4.96. The van der Waals surface area contributed by atoms with Crippen LogP contribution in [0, 0.1) is 0 Å². The Kier molecular flexibility index (Phi) is 3.90. The van der Waals surface area contributed by atoms with Gasteiger partial charge in [-0.1, -0.05) is 25.1 Å². The van der Waals surface area contributed by atoms with E-state index < -0.39 is 12.0 Å². The molecule has 1 aromatic carbocycles. The summed E-state index contributed by atoms with van der Waals surface area (Å²) in [6.45, 7) is 2.55. The quantitative estimate of drug-likeness (QED) is 0.898. The standard InChI is InChI=1S/C15H20N2O2/c1-4-13(15(18)19)16(2)9-11-10-17(3)14-8-6-5-7-12(11)14/h5-8,10,13H,4,9H2,1-3H3,(H,18,19). The lowest BCUT2D eigenvalue weighted by molar-refractivity contribution is -0.143. The monoisotopic (exact) mass is 260 g/mol. The van der Waals surface area contributed by atoms with Gasteiger partial charge in [-0.3, -0.25) is 9.69 Å². The Hall–Kier alpha value is -1.81. The van der Waals surface area contributed by atoms with Crippen LogP contribution in [0.15, 0.2) is 30.5 Å². The van der Waals surface area contributed by atoms with Gasteiger partial charge in [-0.2, -0.15) is 0 Å². The van der Waals surface area contributed by atoms with Crippen LogP contribution in [0.1, 0.15) is 18.9 Å². The Balaban J connectivity index is 2.28. The van der Waals surface area contributed by atoms with E-state index in [-0.39, 0.29) is 0 Å². The first-order valence-electron chi connectivity index (χ1n) is 6.50. The van der Waals surface area contributed by atoms with Gasteiger partial charge >= 0.3 is 5.97 Å². The molecule has 0 amide bonds. The Labute approximate surface area is 113 Å². The topological polar surface area (TPSA) is 45.5 Å². The number of benzene rings is 1. The van der Waals surface area contributed by atoms with Crippen molar-refractivity contribution in [1.82, 2.24) is 9.47 Å². The van der Waals surface area contributed by atoms with Crippen LogP contribution in [0.3, 0.4) is 0 Å². The molecule has 0 radical (unpaired) electrons. The van der Waals surface area contributed by atoms with Crippen molar-refractivity contribution >= 4 is 16.9 Å². The number of hydrogen-bond acceptors (Lipinski definition) is 2. The maximum absolute atomic E-state index is 11.2. The lowest BCUT2D eigenvalue weighted by Gasteiger charge is -2.23. The first-order chi connectivity index (χ1) is 9.04. The molecular weight excluding hydrogens is 240 g/mol. The zero-order valence-corrected chi connectivity index (χ0v) is 11.6. The lowest BCUT2D eigenvalue weighted by atomic mass is 10.1. The maximum atomic E-state index is 11.2. The van der Waals surface area contributed by atoms with Gasteiger partial charge in [-0.05, 0) is 25.1 Å². The van der Waals surface area contributed by atoms with Gasteiger partial charge in [0.05, 0.1) is 0 Å². The highest BCUT2D eigenvalue weighted by Gasteiger charge is 2.21. The highest BCUT2D eigenvalue weighted by Crippen LogP contribution is 2.22. The molecule has 1 unspecified atom stereocenters. The summed E-state index contributed by atoms with van der Waals surface area (Å²) in [5, 5.41) is 10.4. The summed E-state index contributed by atoms with van der Waals surface area (Å²) in [6, 6.07) is 7.76. The van der Waals surface area contributed by atoms with Crippen molar-refractivity contribution in [2.45, 2.75) is 25.9 Å². The predicted octanol–water partition coefficient (Wildman–Crippen LogP) is 2.47. The van der Waals surface area contributed by atoms with Crippen LogP contribution >= 0.6 is 0 Å². The van der Waals surface area contributed by atoms with Gasteiger partial charge in [0.1, 0.15) is 6.04 Å². The van der Waals surface area contributed by atoms with Crippen molar-refractivity contribution in [1.29, 1.82) is 0 Å². The summed E-state index contributed by atoms with van der Waals surface area (Å²) >= 11 is 0. The number of para-hydroxylation sites is 1. The van der Waals surface area contributed by atoms with Gasteiger partial charge in [0.2, 0.25) is 0 Å². The predicted molar refractivity (Wildman–Crippen MR) is 76.1 cm³/mol. The number of carboxylic acids is 1. The molecule has 0 aliphatic heterocycles. The van der Waals surface area contributed by atoms with Crippen LogP contribution in [0.5, 0.6) is 0 Å². The Bertz CT molecular complexity index is 589. The highest BCUT2D eigenvalue weighted by molar-refractivity contribution is 5.84. The molecule has 4 nitrogen and oxygen atoms in total. The molecule has 1 atom stereocenters. The second-order valence-corrected chi connectivity index (χ2v) is 4.96. The number of aromatic nitrogens is 1. The number of nitrogens with zero attached hydrogens (tertiary/aromatic N) is 2. The van der Waals surface area contributed by atoms with E-state index in [2.05, 4.69) is 22.9 Å². The summed E-state index contributed by atoms with van der Waals surface area (Å²) < 4.78 is 2.08. The van der Waals surface area contributed by atoms with Gasteiger partial charge in [0.25, 0.3) is 0 Å². The van der Waals surface area contributed by atoms with Crippen LogP contribution in [0.4, 0.5) is 0 Å². The van der Waals surface area contributed by atoms with E-state index >= 15 is 0 Å². The molecule has 2 aromatic rings. The van der Waals surface area contributed by atoms with Gasteiger partial charge in [-0.15, -0.1) is 0 Å². The van der Waals surface area contributed by atoms with Crippen molar-refractivity contribution in [2.75, 3.05) is 7.05 Å². The summed E-state index contributed by atoms with van der Waals surface area (Å²) in [5.41, 5.74) is 2.34. The summed E-state index contributed by atoms with van der Waals surface area (Å²) in [6.07, 6.45) is 2.69. The summed E-state index contributed by atoms with van der Waals surface area (Å²) in [7, 11) is 3.88. The molecule has 1 aromatic heterocycles. The highest BCUT2D eigenvalue weighted by atomic mass is 16.4. The molecule has 0 bridgehead atoms. The van der Waals surface area contributed by atoms with E-state index in [0.29, 0.717) is 13.0 Å².